The molecule has 0 N–H and O–H groups in total. The van der Waals surface area contributed by atoms with Crippen molar-refractivity contribution >= 4 is 33.0 Å². The van der Waals surface area contributed by atoms with Crippen LogP contribution in [0, 0.1) is 23.7 Å². The molecule has 164 valence electrons. The zero-order valence-electron chi connectivity index (χ0n) is 19.1. The summed E-state index contributed by atoms with van der Waals surface area (Å²) in [5.74, 6) is 13.5. The van der Waals surface area contributed by atoms with E-state index in [9.17, 15) is 0 Å². The third kappa shape index (κ3) is 5.14. The van der Waals surface area contributed by atoms with Crippen molar-refractivity contribution in [2.24, 2.45) is 0 Å². The maximum atomic E-state index is 6.00. The van der Waals surface area contributed by atoms with Crippen molar-refractivity contribution in [2.75, 3.05) is 0 Å². The van der Waals surface area contributed by atoms with Crippen molar-refractivity contribution in [3.05, 3.63) is 36.0 Å². The number of aromatic nitrogens is 2. The van der Waals surface area contributed by atoms with Crippen LogP contribution in [-0.4, -0.2) is 9.97 Å². The van der Waals surface area contributed by atoms with Gasteiger partial charge in [-0.25, -0.2) is 9.97 Å². The molecule has 4 nitrogen and oxygen atoms in total. The first-order valence-corrected chi connectivity index (χ1v) is 11.9. The summed E-state index contributed by atoms with van der Waals surface area (Å²) in [4.78, 5) is 9.09. The Hall–Kier alpha value is -3.24. The highest BCUT2D eigenvalue weighted by Gasteiger charge is 2.13. The van der Waals surface area contributed by atoms with Gasteiger partial charge >= 0.3 is 0 Å². The lowest BCUT2D eigenvalue weighted by molar-refractivity contribution is 0.586. The maximum absolute atomic E-state index is 6.00. The Morgan fingerprint density at radius 2 is 1.09 bits per heavy atom. The van der Waals surface area contributed by atoms with Gasteiger partial charge in [0.1, 0.15) is 11.0 Å². The Morgan fingerprint density at radius 1 is 0.625 bits per heavy atom. The Bertz CT molecular complexity index is 1220. The molecule has 4 aromatic rings. The van der Waals surface area contributed by atoms with Gasteiger partial charge in [0.25, 0.3) is 11.8 Å². The molecule has 0 bridgehead atoms. The molecule has 2 aromatic heterocycles. The van der Waals surface area contributed by atoms with E-state index >= 15 is 0 Å². The zero-order valence-corrected chi connectivity index (χ0v) is 19.1. The first kappa shape index (κ1) is 22.0. The Labute approximate surface area is 189 Å². The van der Waals surface area contributed by atoms with Gasteiger partial charge in [-0.2, -0.15) is 0 Å². The van der Waals surface area contributed by atoms with Crippen LogP contribution < -0.4 is 0 Å². The highest BCUT2D eigenvalue weighted by molar-refractivity contribution is 6.12. The van der Waals surface area contributed by atoms with Crippen molar-refractivity contribution in [2.45, 2.75) is 78.1 Å². The number of unbranched alkanes of at least 4 members (excludes halogenated alkanes) is 8. The van der Waals surface area contributed by atoms with Gasteiger partial charge in [-0.15, -0.1) is 0 Å². The summed E-state index contributed by atoms with van der Waals surface area (Å²) in [5, 5.41) is 1.91. The number of benzene rings is 2. The molecule has 0 amide bonds. The summed E-state index contributed by atoms with van der Waals surface area (Å²) >= 11 is 0. The van der Waals surface area contributed by atoms with E-state index in [1.54, 1.807) is 0 Å². The molecule has 0 fully saturated rings. The zero-order chi connectivity index (χ0) is 22.2. The molecule has 2 heterocycles. The summed E-state index contributed by atoms with van der Waals surface area (Å²) in [5.41, 5.74) is 3.08. The number of rotatable bonds is 8. The van der Waals surface area contributed by atoms with Crippen LogP contribution in [0.5, 0.6) is 0 Å². The SMILES string of the molecule is CCCCCCC#Cc1nc2ccc3c(ccc4nc(C#CCCCCCC)oc43)c2o1. The quantitative estimate of drug-likeness (QED) is 0.213. The molecule has 4 heteroatoms. The molecule has 0 aliphatic carbocycles. The normalized spacial score (nSPS) is 10.9. The number of hydrogen-bond donors (Lipinski definition) is 0. The van der Waals surface area contributed by atoms with Crippen LogP contribution in [0.2, 0.25) is 0 Å². The molecule has 0 saturated carbocycles. The molecule has 0 aliphatic rings. The van der Waals surface area contributed by atoms with E-state index in [2.05, 4.69) is 47.5 Å². The predicted octanol–water partition coefficient (Wildman–Crippen LogP) is 7.77. The molecular weight excluding hydrogens is 396 g/mol. The number of hydrogen-bond acceptors (Lipinski definition) is 4. The van der Waals surface area contributed by atoms with Crippen molar-refractivity contribution in [1.82, 2.24) is 9.97 Å². The van der Waals surface area contributed by atoms with Crippen LogP contribution in [0.1, 0.15) is 89.8 Å². The van der Waals surface area contributed by atoms with Crippen LogP contribution in [0.15, 0.2) is 33.1 Å². The molecule has 0 atom stereocenters. The van der Waals surface area contributed by atoms with Crippen molar-refractivity contribution in [3.8, 4) is 23.7 Å². The molecule has 4 rings (SSSR count). The number of oxazole rings is 2. The standard InChI is InChI=1S/C28H30N2O2/c1-3-5-7-9-11-13-15-25-29-23-19-17-22-21(27(23)31-25)18-20-24-28(22)32-26(30-24)16-14-12-10-8-6-4-2/h17-20H,3-12H2,1-2H3. The van der Waals surface area contributed by atoms with E-state index in [-0.39, 0.29) is 0 Å². The smallest absolute Gasteiger partial charge is 0.274 e. The lowest BCUT2D eigenvalue weighted by atomic mass is 10.1. The summed E-state index contributed by atoms with van der Waals surface area (Å²) in [6.45, 7) is 4.43. The van der Waals surface area contributed by atoms with Crippen LogP contribution in [0.4, 0.5) is 0 Å². The lowest BCUT2D eigenvalue weighted by Crippen LogP contribution is -1.76. The fraction of sp³-hybridized carbons (Fsp3) is 0.429. The number of fused-ring (bicyclic) bond motifs is 5. The molecule has 0 unspecified atom stereocenters. The average molecular weight is 427 g/mol. The van der Waals surface area contributed by atoms with E-state index in [1.165, 1.54) is 38.5 Å². The summed E-state index contributed by atoms with van der Waals surface area (Å²) in [6, 6.07) is 7.93. The van der Waals surface area contributed by atoms with Crippen LogP contribution in [0.25, 0.3) is 33.0 Å². The third-order valence-electron chi connectivity index (χ3n) is 5.60. The van der Waals surface area contributed by atoms with Gasteiger partial charge < -0.3 is 8.83 Å². The van der Waals surface area contributed by atoms with Gasteiger partial charge in [0.05, 0.1) is 0 Å². The van der Waals surface area contributed by atoms with E-state index in [4.69, 9.17) is 8.83 Å². The summed E-state index contributed by atoms with van der Waals surface area (Å²) in [7, 11) is 0. The molecule has 0 spiro atoms. The fourth-order valence-electron chi connectivity index (χ4n) is 3.84. The van der Waals surface area contributed by atoms with Crippen LogP contribution in [0.3, 0.4) is 0 Å². The molecule has 0 saturated heterocycles. The molecule has 32 heavy (non-hydrogen) atoms. The van der Waals surface area contributed by atoms with Crippen molar-refractivity contribution in [3.63, 3.8) is 0 Å². The molecule has 0 radical (unpaired) electrons. The minimum Gasteiger partial charge on any atom is -0.429 e. The Kier molecular flexibility index (Phi) is 7.47. The second-order valence-corrected chi connectivity index (χ2v) is 8.19. The first-order valence-electron chi connectivity index (χ1n) is 11.9. The monoisotopic (exact) mass is 426 g/mol. The van der Waals surface area contributed by atoms with E-state index in [0.717, 1.165) is 58.7 Å². The molecule has 2 aromatic carbocycles. The third-order valence-corrected chi connectivity index (χ3v) is 5.60. The summed E-state index contributed by atoms with van der Waals surface area (Å²) < 4.78 is 12.0. The highest BCUT2D eigenvalue weighted by Crippen LogP contribution is 2.31. The highest BCUT2D eigenvalue weighted by atomic mass is 16.4. The topological polar surface area (TPSA) is 52.1 Å². The maximum Gasteiger partial charge on any atom is 0.274 e. The van der Waals surface area contributed by atoms with Gasteiger partial charge in [-0.05, 0) is 48.9 Å². The second-order valence-electron chi connectivity index (χ2n) is 8.19. The van der Waals surface area contributed by atoms with Crippen molar-refractivity contribution < 1.29 is 8.83 Å². The van der Waals surface area contributed by atoms with Gasteiger partial charge in [-0.1, -0.05) is 64.2 Å². The molecular formula is C28H30N2O2. The first-order chi connectivity index (χ1) is 15.8. The Balaban J connectivity index is 1.56. The van der Waals surface area contributed by atoms with Gasteiger partial charge in [-0.3, -0.25) is 0 Å². The average Bonchev–Trinajstić information content (AvgIpc) is 3.42. The number of nitrogens with zero attached hydrogens (tertiary/aromatic N) is 2. The van der Waals surface area contributed by atoms with Crippen LogP contribution >= 0.6 is 0 Å². The van der Waals surface area contributed by atoms with E-state index in [0.29, 0.717) is 11.8 Å². The van der Waals surface area contributed by atoms with E-state index < -0.39 is 0 Å². The predicted molar refractivity (Wildman–Crippen MR) is 130 cm³/mol. The lowest BCUT2D eigenvalue weighted by Gasteiger charge is -1.97. The van der Waals surface area contributed by atoms with Gasteiger partial charge in [0.2, 0.25) is 0 Å². The van der Waals surface area contributed by atoms with Gasteiger partial charge in [0, 0.05) is 23.6 Å². The van der Waals surface area contributed by atoms with Crippen molar-refractivity contribution in [1.29, 1.82) is 0 Å². The second kappa shape index (κ2) is 10.9. The Morgan fingerprint density at radius 3 is 1.53 bits per heavy atom. The summed E-state index contributed by atoms with van der Waals surface area (Å²) in [6.07, 6.45) is 11.4. The van der Waals surface area contributed by atoms with E-state index in [1.807, 2.05) is 24.3 Å². The minimum absolute atomic E-state index is 0.468. The minimum atomic E-state index is 0.468. The van der Waals surface area contributed by atoms with Gasteiger partial charge in [0.15, 0.2) is 11.2 Å². The fourth-order valence-corrected chi connectivity index (χ4v) is 3.84. The molecule has 0 aliphatic heterocycles. The van der Waals surface area contributed by atoms with Crippen LogP contribution in [-0.2, 0) is 0 Å². The largest absolute Gasteiger partial charge is 0.429 e.